The normalized spacial score (nSPS) is 10.9. The Hall–Kier alpha value is -1.20. The van der Waals surface area contributed by atoms with Crippen molar-refractivity contribution in [3.05, 3.63) is 46.9 Å². The lowest BCUT2D eigenvalue weighted by Crippen LogP contribution is -1.76. The van der Waals surface area contributed by atoms with Gasteiger partial charge in [0.2, 0.25) is 0 Å². The SMILES string of the molecule is C/C(C#N)=C\SCc1ccccc1. The molecule has 66 valence electrons. The maximum absolute atomic E-state index is 8.50. The van der Waals surface area contributed by atoms with Crippen LogP contribution in [0.25, 0.3) is 0 Å². The second-order valence-corrected chi connectivity index (χ2v) is 3.57. The van der Waals surface area contributed by atoms with E-state index in [4.69, 9.17) is 5.26 Å². The van der Waals surface area contributed by atoms with Crippen molar-refractivity contribution in [2.75, 3.05) is 0 Å². The molecule has 0 amide bonds. The summed E-state index contributed by atoms with van der Waals surface area (Å²) in [4.78, 5) is 0. The van der Waals surface area contributed by atoms with Gasteiger partial charge in [-0.1, -0.05) is 30.3 Å². The number of allylic oxidation sites excluding steroid dienone is 1. The Morgan fingerprint density at radius 1 is 1.46 bits per heavy atom. The summed E-state index contributed by atoms with van der Waals surface area (Å²) in [5.74, 6) is 0.930. The van der Waals surface area contributed by atoms with Crippen molar-refractivity contribution in [2.24, 2.45) is 0 Å². The van der Waals surface area contributed by atoms with Crippen molar-refractivity contribution in [3.63, 3.8) is 0 Å². The molecule has 0 aliphatic heterocycles. The minimum atomic E-state index is 0.765. The molecule has 0 radical (unpaired) electrons. The number of nitrogens with zero attached hydrogens (tertiary/aromatic N) is 1. The number of benzene rings is 1. The highest BCUT2D eigenvalue weighted by molar-refractivity contribution is 8.01. The van der Waals surface area contributed by atoms with Gasteiger partial charge in [0.25, 0.3) is 0 Å². The molecule has 13 heavy (non-hydrogen) atoms. The molecule has 0 fully saturated rings. The summed E-state index contributed by atoms with van der Waals surface area (Å²) in [6.07, 6.45) is 0. The van der Waals surface area contributed by atoms with E-state index in [0.717, 1.165) is 11.3 Å². The van der Waals surface area contributed by atoms with Crippen LogP contribution in [0.2, 0.25) is 0 Å². The smallest absolute Gasteiger partial charge is 0.0949 e. The maximum atomic E-state index is 8.50. The second-order valence-electron chi connectivity index (χ2n) is 2.71. The molecular weight excluding hydrogens is 178 g/mol. The van der Waals surface area contributed by atoms with Crippen LogP contribution >= 0.6 is 11.8 Å². The molecule has 0 spiro atoms. The lowest BCUT2D eigenvalue weighted by Gasteiger charge is -1.96. The lowest BCUT2D eigenvalue weighted by molar-refractivity contribution is 1.42. The molecule has 0 aliphatic rings. The minimum absolute atomic E-state index is 0.765. The number of nitriles is 1. The van der Waals surface area contributed by atoms with Gasteiger partial charge < -0.3 is 0 Å². The lowest BCUT2D eigenvalue weighted by atomic mass is 10.2. The highest BCUT2D eigenvalue weighted by atomic mass is 32.2. The summed E-state index contributed by atoms with van der Waals surface area (Å²) < 4.78 is 0. The first-order chi connectivity index (χ1) is 6.33. The van der Waals surface area contributed by atoms with E-state index in [2.05, 4.69) is 18.2 Å². The summed E-state index contributed by atoms with van der Waals surface area (Å²) in [6.45, 7) is 1.82. The van der Waals surface area contributed by atoms with Gasteiger partial charge in [-0.3, -0.25) is 0 Å². The molecule has 0 saturated heterocycles. The molecule has 1 rings (SSSR count). The Labute approximate surface area is 83.1 Å². The number of hydrogen-bond donors (Lipinski definition) is 0. The Morgan fingerprint density at radius 3 is 2.77 bits per heavy atom. The number of hydrogen-bond acceptors (Lipinski definition) is 2. The molecule has 0 unspecified atom stereocenters. The van der Waals surface area contributed by atoms with Crippen LogP contribution in [0.15, 0.2) is 41.3 Å². The van der Waals surface area contributed by atoms with Crippen LogP contribution in [-0.2, 0) is 5.75 Å². The van der Waals surface area contributed by atoms with Crippen LogP contribution in [0.5, 0.6) is 0 Å². The first kappa shape index (κ1) is 9.88. The Morgan fingerprint density at radius 2 is 2.15 bits per heavy atom. The molecule has 2 heteroatoms. The van der Waals surface area contributed by atoms with Crippen molar-refractivity contribution in [1.82, 2.24) is 0 Å². The average Bonchev–Trinajstić information content (AvgIpc) is 2.19. The molecule has 0 N–H and O–H groups in total. The van der Waals surface area contributed by atoms with Crippen molar-refractivity contribution >= 4 is 11.8 Å². The standard InChI is InChI=1S/C11H11NS/c1-10(7-12)8-13-9-11-5-3-2-4-6-11/h2-6,8H,9H2,1H3/b10-8+. The average molecular weight is 189 g/mol. The zero-order valence-corrected chi connectivity index (χ0v) is 8.34. The quantitative estimate of drug-likeness (QED) is 0.681. The van der Waals surface area contributed by atoms with Crippen molar-refractivity contribution in [2.45, 2.75) is 12.7 Å². The van der Waals surface area contributed by atoms with Crippen LogP contribution in [-0.4, -0.2) is 0 Å². The van der Waals surface area contributed by atoms with E-state index in [9.17, 15) is 0 Å². The van der Waals surface area contributed by atoms with Gasteiger partial charge in [0.15, 0.2) is 0 Å². The fourth-order valence-corrected chi connectivity index (χ4v) is 1.63. The van der Waals surface area contributed by atoms with Gasteiger partial charge in [-0.05, 0) is 17.9 Å². The van der Waals surface area contributed by atoms with E-state index in [1.54, 1.807) is 11.8 Å². The highest BCUT2D eigenvalue weighted by Crippen LogP contribution is 2.14. The van der Waals surface area contributed by atoms with E-state index in [1.165, 1.54) is 5.56 Å². The molecule has 0 aliphatic carbocycles. The van der Waals surface area contributed by atoms with Crippen molar-refractivity contribution < 1.29 is 0 Å². The summed E-state index contributed by atoms with van der Waals surface area (Å²) >= 11 is 1.65. The number of thioether (sulfide) groups is 1. The number of rotatable bonds is 3. The monoisotopic (exact) mass is 189 g/mol. The first-order valence-electron chi connectivity index (χ1n) is 4.05. The second kappa shape index (κ2) is 5.45. The van der Waals surface area contributed by atoms with Crippen molar-refractivity contribution in [3.8, 4) is 6.07 Å². The van der Waals surface area contributed by atoms with Gasteiger partial charge in [-0.2, -0.15) is 5.26 Å². The van der Waals surface area contributed by atoms with Crippen LogP contribution in [0.3, 0.4) is 0 Å². The zero-order chi connectivity index (χ0) is 9.52. The molecular formula is C11H11NS. The molecule has 1 aromatic carbocycles. The van der Waals surface area contributed by atoms with E-state index in [-0.39, 0.29) is 0 Å². The molecule has 0 saturated carbocycles. The summed E-state index contributed by atoms with van der Waals surface area (Å²) in [6, 6.07) is 12.3. The van der Waals surface area contributed by atoms with Crippen LogP contribution < -0.4 is 0 Å². The molecule has 0 atom stereocenters. The maximum Gasteiger partial charge on any atom is 0.0949 e. The summed E-state index contributed by atoms with van der Waals surface area (Å²) in [5, 5.41) is 10.4. The largest absolute Gasteiger partial charge is 0.193 e. The van der Waals surface area contributed by atoms with Crippen LogP contribution in [0.1, 0.15) is 12.5 Å². The van der Waals surface area contributed by atoms with E-state index in [1.807, 2.05) is 30.5 Å². The third-order valence-electron chi connectivity index (χ3n) is 1.53. The first-order valence-corrected chi connectivity index (χ1v) is 5.10. The topological polar surface area (TPSA) is 23.8 Å². The van der Waals surface area contributed by atoms with Gasteiger partial charge in [0, 0.05) is 11.3 Å². The molecule has 1 nitrogen and oxygen atoms in total. The third kappa shape index (κ3) is 3.82. The fraction of sp³-hybridized carbons (Fsp3) is 0.182. The fourth-order valence-electron chi connectivity index (χ4n) is 0.863. The van der Waals surface area contributed by atoms with Gasteiger partial charge in [-0.25, -0.2) is 0 Å². The predicted octanol–water partition coefficient (Wildman–Crippen LogP) is 3.35. The Bertz CT molecular complexity index is 322. The minimum Gasteiger partial charge on any atom is -0.193 e. The van der Waals surface area contributed by atoms with Crippen molar-refractivity contribution in [1.29, 1.82) is 5.26 Å². The van der Waals surface area contributed by atoms with Crippen LogP contribution in [0, 0.1) is 11.3 Å². The Kier molecular flexibility index (Phi) is 4.14. The molecule has 0 aromatic heterocycles. The molecule has 0 heterocycles. The van der Waals surface area contributed by atoms with E-state index < -0.39 is 0 Å². The van der Waals surface area contributed by atoms with E-state index >= 15 is 0 Å². The van der Waals surface area contributed by atoms with Gasteiger partial charge in [0.1, 0.15) is 0 Å². The zero-order valence-electron chi connectivity index (χ0n) is 7.53. The van der Waals surface area contributed by atoms with Gasteiger partial charge >= 0.3 is 0 Å². The summed E-state index contributed by atoms with van der Waals surface area (Å²) in [7, 11) is 0. The van der Waals surface area contributed by atoms with Crippen LogP contribution in [0.4, 0.5) is 0 Å². The van der Waals surface area contributed by atoms with E-state index in [0.29, 0.717) is 0 Å². The molecule has 0 bridgehead atoms. The van der Waals surface area contributed by atoms with Gasteiger partial charge in [-0.15, -0.1) is 11.8 Å². The molecule has 1 aromatic rings. The summed E-state index contributed by atoms with van der Waals surface area (Å²) in [5.41, 5.74) is 2.05. The predicted molar refractivity (Wildman–Crippen MR) is 57.1 cm³/mol. The Balaban J connectivity index is 2.41. The highest BCUT2D eigenvalue weighted by Gasteiger charge is 1.89. The van der Waals surface area contributed by atoms with Gasteiger partial charge in [0.05, 0.1) is 6.07 Å². The third-order valence-corrected chi connectivity index (χ3v) is 2.55.